The Labute approximate surface area is 133 Å². The van der Waals surface area contributed by atoms with Gasteiger partial charge >= 0.3 is 0 Å². The van der Waals surface area contributed by atoms with E-state index in [0.717, 1.165) is 10.8 Å². The Morgan fingerprint density at radius 3 is 2.48 bits per heavy atom. The second kappa shape index (κ2) is 6.48. The van der Waals surface area contributed by atoms with E-state index in [2.05, 4.69) is 5.32 Å². The predicted octanol–water partition coefficient (Wildman–Crippen LogP) is 4.38. The smallest absolute Gasteiger partial charge is 0.265 e. The minimum Gasteiger partial charge on any atom is -0.480 e. The zero-order valence-electron chi connectivity index (χ0n) is 12.6. The highest BCUT2D eigenvalue weighted by Gasteiger charge is 2.16. The van der Waals surface area contributed by atoms with Crippen molar-refractivity contribution in [2.45, 2.75) is 13.0 Å². The summed E-state index contributed by atoms with van der Waals surface area (Å²) < 4.78 is 18.7. The van der Waals surface area contributed by atoms with E-state index in [9.17, 15) is 9.18 Å². The third kappa shape index (κ3) is 3.48. The quantitative estimate of drug-likeness (QED) is 0.776. The van der Waals surface area contributed by atoms with Gasteiger partial charge in [-0.25, -0.2) is 4.39 Å². The van der Waals surface area contributed by atoms with Gasteiger partial charge in [0.15, 0.2) is 6.10 Å². The van der Waals surface area contributed by atoms with Gasteiger partial charge < -0.3 is 10.1 Å². The summed E-state index contributed by atoms with van der Waals surface area (Å²) in [6.07, 6.45) is -0.675. The molecule has 1 N–H and O–H groups in total. The van der Waals surface area contributed by atoms with Crippen molar-refractivity contribution in [1.29, 1.82) is 0 Å². The number of hydrogen-bond acceptors (Lipinski definition) is 2. The average molecular weight is 309 g/mol. The summed E-state index contributed by atoms with van der Waals surface area (Å²) in [4.78, 5) is 12.2. The molecule has 0 bridgehead atoms. The van der Waals surface area contributed by atoms with E-state index in [0.29, 0.717) is 11.4 Å². The third-order valence-electron chi connectivity index (χ3n) is 3.53. The lowest BCUT2D eigenvalue weighted by Gasteiger charge is -2.16. The number of carbonyl (C=O) groups is 1. The predicted molar refractivity (Wildman–Crippen MR) is 89.1 cm³/mol. The van der Waals surface area contributed by atoms with Gasteiger partial charge in [0.1, 0.15) is 11.6 Å². The van der Waals surface area contributed by atoms with Crippen molar-refractivity contribution in [3.63, 3.8) is 0 Å². The van der Waals surface area contributed by atoms with Crippen LogP contribution in [-0.4, -0.2) is 12.0 Å². The SMILES string of the molecule is CC(Oc1cccc2ccccc12)C(=O)Nc1ccc(F)cc1. The average Bonchev–Trinajstić information content (AvgIpc) is 2.57. The van der Waals surface area contributed by atoms with Gasteiger partial charge in [0.25, 0.3) is 5.91 Å². The maximum absolute atomic E-state index is 12.9. The van der Waals surface area contributed by atoms with E-state index in [1.54, 1.807) is 6.92 Å². The fourth-order valence-corrected chi connectivity index (χ4v) is 2.32. The number of nitrogens with one attached hydrogen (secondary N) is 1. The Kier molecular flexibility index (Phi) is 4.24. The summed E-state index contributed by atoms with van der Waals surface area (Å²) in [5.74, 6) is 0.0254. The maximum atomic E-state index is 12.9. The first kappa shape index (κ1) is 15.0. The van der Waals surface area contributed by atoms with Crippen molar-refractivity contribution in [2.24, 2.45) is 0 Å². The minimum absolute atomic E-state index is 0.287. The van der Waals surface area contributed by atoms with Gasteiger partial charge in [0.05, 0.1) is 0 Å². The fraction of sp³-hybridized carbons (Fsp3) is 0.105. The van der Waals surface area contributed by atoms with E-state index in [4.69, 9.17) is 4.74 Å². The molecule has 3 rings (SSSR count). The van der Waals surface area contributed by atoms with Gasteiger partial charge in [-0.15, -0.1) is 0 Å². The number of amides is 1. The fourth-order valence-electron chi connectivity index (χ4n) is 2.32. The summed E-state index contributed by atoms with van der Waals surface area (Å²) in [5, 5.41) is 4.71. The molecule has 1 amide bonds. The van der Waals surface area contributed by atoms with E-state index >= 15 is 0 Å². The van der Waals surface area contributed by atoms with Crippen LogP contribution in [0.15, 0.2) is 66.7 Å². The molecule has 0 aromatic heterocycles. The molecule has 1 atom stereocenters. The van der Waals surface area contributed by atoms with Gasteiger partial charge in [-0.05, 0) is 42.6 Å². The molecule has 0 aliphatic rings. The van der Waals surface area contributed by atoms with Crippen LogP contribution in [0.2, 0.25) is 0 Å². The highest BCUT2D eigenvalue weighted by molar-refractivity contribution is 5.95. The van der Waals surface area contributed by atoms with Crippen LogP contribution < -0.4 is 10.1 Å². The van der Waals surface area contributed by atoms with Crippen molar-refractivity contribution in [1.82, 2.24) is 0 Å². The second-order valence-electron chi connectivity index (χ2n) is 5.23. The number of carbonyl (C=O) groups excluding carboxylic acids is 1. The molecule has 0 heterocycles. The maximum Gasteiger partial charge on any atom is 0.265 e. The normalized spacial score (nSPS) is 11.9. The monoisotopic (exact) mass is 309 g/mol. The van der Waals surface area contributed by atoms with Crippen LogP contribution in [0.25, 0.3) is 10.8 Å². The van der Waals surface area contributed by atoms with Crippen LogP contribution in [0.3, 0.4) is 0 Å². The molecule has 4 heteroatoms. The molecule has 1 unspecified atom stereocenters. The Balaban J connectivity index is 1.73. The number of fused-ring (bicyclic) bond motifs is 1. The van der Waals surface area contributed by atoms with Gasteiger partial charge in [0, 0.05) is 11.1 Å². The number of anilines is 1. The van der Waals surface area contributed by atoms with Crippen molar-refractivity contribution in [3.05, 3.63) is 72.5 Å². The van der Waals surface area contributed by atoms with Gasteiger partial charge in [0.2, 0.25) is 0 Å². The molecular formula is C19H16FNO2. The molecule has 3 aromatic rings. The first-order valence-corrected chi connectivity index (χ1v) is 7.34. The van der Waals surface area contributed by atoms with Crippen LogP contribution in [0.4, 0.5) is 10.1 Å². The van der Waals surface area contributed by atoms with Crippen LogP contribution in [0.5, 0.6) is 5.75 Å². The van der Waals surface area contributed by atoms with Crippen LogP contribution in [0, 0.1) is 5.82 Å². The van der Waals surface area contributed by atoms with E-state index in [-0.39, 0.29) is 11.7 Å². The van der Waals surface area contributed by atoms with Gasteiger partial charge in [-0.3, -0.25) is 4.79 Å². The summed E-state index contributed by atoms with van der Waals surface area (Å²) in [6, 6.07) is 19.2. The lowest BCUT2D eigenvalue weighted by molar-refractivity contribution is -0.122. The molecule has 0 radical (unpaired) electrons. The van der Waals surface area contributed by atoms with E-state index < -0.39 is 6.10 Å². The van der Waals surface area contributed by atoms with Crippen molar-refractivity contribution >= 4 is 22.4 Å². The standard InChI is InChI=1S/C19H16FNO2/c1-13(19(22)21-16-11-9-15(20)10-12-16)23-18-8-4-6-14-5-2-3-7-17(14)18/h2-13H,1H3,(H,21,22). The number of hydrogen-bond donors (Lipinski definition) is 1. The number of benzene rings is 3. The molecule has 3 nitrogen and oxygen atoms in total. The summed E-state index contributed by atoms with van der Waals surface area (Å²) >= 11 is 0. The highest BCUT2D eigenvalue weighted by atomic mass is 19.1. The Morgan fingerprint density at radius 2 is 1.70 bits per heavy atom. The zero-order chi connectivity index (χ0) is 16.2. The Hall–Kier alpha value is -2.88. The lowest BCUT2D eigenvalue weighted by atomic mass is 10.1. The third-order valence-corrected chi connectivity index (χ3v) is 3.53. The summed E-state index contributed by atoms with van der Waals surface area (Å²) in [5.41, 5.74) is 0.532. The van der Waals surface area contributed by atoms with E-state index in [1.807, 2.05) is 42.5 Å². The summed E-state index contributed by atoms with van der Waals surface area (Å²) in [6.45, 7) is 1.68. The van der Waals surface area contributed by atoms with Gasteiger partial charge in [-0.1, -0.05) is 36.4 Å². The summed E-state index contributed by atoms with van der Waals surface area (Å²) in [7, 11) is 0. The molecule has 0 aliphatic carbocycles. The van der Waals surface area contributed by atoms with Crippen molar-refractivity contribution < 1.29 is 13.9 Å². The molecule has 0 aliphatic heterocycles. The largest absolute Gasteiger partial charge is 0.480 e. The van der Waals surface area contributed by atoms with Crippen LogP contribution in [0.1, 0.15) is 6.92 Å². The van der Waals surface area contributed by atoms with Crippen LogP contribution >= 0.6 is 0 Å². The Morgan fingerprint density at radius 1 is 1.00 bits per heavy atom. The first-order valence-electron chi connectivity index (χ1n) is 7.34. The van der Waals surface area contributed by atoms with Crippen molar-refractivity contribution in [3.8, 4) is 5.75 Å². The second-order valence-corrected chi connectivity index (χ2v) is 5.23. The molecule has 0 saturated carbocycles. The molecule has 0 fully saturated rings. The highest BCUT2D eigenvalue weighted by Crippen LogP contribution is 2.26. The lowest BCUT2D eigenvalue weighted by Crippen LogP contribution is -2.30. The number of ether oxygens (including phenoxy) is 1. The zero-order valence-corrected chi connectivity index (χ0v) is 12.6. The molecule has 23 heavy (non-hydrogen) atoms. The first-order chi connectivity index (χ1) is 11.1. The molecular weight excluding hydrogens is 293 g/mol. The topological polar surface area (TPSA) is 38.3 Å². The van der Waals surface area contributed by atoms with E-state index in [1.165, 1.54) is 24.3 Å². The Bertz CT molecular complexity index is 825. The van der Waals surface area contributed by atoms with Crippen molar-refractivity contribution in [2.75, 3.05) is 5.32 Å². The minimum atomic E-state index is -0.675. The van der Waals surface area contributed by atoms with Gasteiger partial charge in [-0.2, -0.15) is 0 Å². The molecule has 116 valence electrons. The van der Waals surface area contributed by atoms with Crippen LogP contribution in [-0.2, 0) is 4.79 Å². The molecule has 0 saturated heterocycles. The number of halogens is 1. The molecule has 0 spiro atoms. The molecule has 3 aromatic carbocycles. The number of rotatable bonds is 4.